The summed E-state index contributed by atoms with van der Waals surface area (Å²) in [4.78, 5) is 2.27. The highest BCUT2D eigenvalue weighted by Gasteiger charge is 2.19. The molecule has 2 rings (SSSR count). The number of hydrogen-bond acceptors (Lipinski definition) is 3. The molecule has 1 aromatic carbocycles. The molecule has 0 radical (unpaired) electrons. The highest BCUT2D eigenvalue weighted by molar-refractivity contribution is 5.85. The molecule has 108 valence electrons. The Bertz CT molecular complexity index is 393. The average molecular weight is 293 g/mol. The molecule has 1 fully saturated rings. The van der Waals surface area contributed by atoms with Gasteiger partial charge in [-0.25, -0.2) is 0 Å². The van der Waals surface area contributed by atoms with E-state index in [1.165, 1.54) is 0 Å². The Morgan fingerprint density at radius 2 is 2.16 bits per heavy atom. The van der Waals surface area contributed by atoms with Gasteiger partial charge in [0.15, 0.2) is 0 Å². The lowest BCUT2D eigenvalue weighted by atomic mass is 10.1. The second kappa shape index (κ2) is 7.62. The van der Waals surface area contributed by atoms with Crippen LogP contribution >= 0.6 is 12.4 Å². The third-order valence-electron chi connectivity index (χ3n) is 3.20. The number of benzene rings is 1. The standard InChI is InChI=1S/C13H18F2N2O.ClH/c1-10-8-16-6-7-17(10)9-11-4-2-3-5-12(11)18-13(14)15;/h2-5,10,13,16H,6-9H2,1H3;1H/t10-;/m1./s1. The fraction of sp³-hybridized carbons (Fsp3) is 0.538. The van der Waals surface area contributed by atoms with Gasteiger partial charge in [-0.05, 0) is 13.0 Å². The maximum atomic E-state index is 12.3. The van der Waals surface area contributed by atoms with Crippen LogP contribution in [0.3, 0.4) is 0 Å². The normalized spacial score (nSPS) is 20.1. The third kappa shape index (κ3) is 4.60. The SMILES string of the molecule is C[C@@H]1CNCCN1Cc1ccccc1OC(F)F.Cl. The molecular weight excluding hydrogens is 274 g/mol. The molecule has 0 aliphatic carbocycles. The van der Waals surface area contributed by atoms with Crippen LogP contribution in [0.25, 0.3) is 0 Å². The van der Waals surface area contributed by atoms with Crippen molar-refractivity contribution in [2.45, 2.75) is 26.1 Å². The molecule has 1 atom stereocenters. The molecule has 3 nitrogen and oxygen atoms in total. The average Bonchev–Trinajstić information content (AvgIpc) is 2.34. The van der Waals surface area contributed by atoms with E-state index in [9.17, 15) is 8.78 Å². The van der Waals surface area contributed by atoms with Gasteiger partial charge in [-0.15, -0.1) is 12.4 Å². The van der Waals surface area contributed by atoms with E-state index in [2.05, 4.69) is 21.9 Å². The van der Waals surface area contributed by atoms with E-state index in [-0.39, 0.29) is 18.2 Å². The molecule has 1 aromatic rings. The van der Waals surface area contributed by atoms with Crippen molar-refractivity contribution in [3.05, 3.63) is 29.8 Å². The Kier molecular flexibility index (Phi) is 6.48. The zero-order valence-corrected chi connectivity index (χ0v) is 11.6. The van der Waals surface area contributed by atoms with Crippen molar-refractivity contribution in [3.8, 4) is 5.75 Å². The van der Waals surface area contributed by atoms with Crippen LogP contribution in [-0.2, 0) is 6.54 Å². The van der Waals surface area contributed by atoms with Crippen molar-refractivity contribution in [2.24, 2.45) is 0 Å². The zero-order valence-electron chi connectivity index (χ0n) is 10.8. The van der Waals surface area contributed by atoms with Gasteiger partial charge in [0, 0.05) is 37.8 Å². The quantitative estimate of drug-likeness (QED) is 0.923. The Hall–Kier alpha value is -0.910. The van der Waals surface area contributed by atoms with Gasteiger partial charge in [0.05, 0.1) is 0 Å². The van der Waals surface area contributed by atoms with Crippen molar-refractivity contribution in [2.75, 3.05) is 19.6 Å². The van der Waals surface area contributed by atoms with Gasteiger partial charge in [-0.1, -0.05) is 18.2 Å². The van der Waals surface area contributed by atoms with E-state index in [1.807, 2.05) is 12.1 Å². The van der Waals surface area contributed by atoms with E-state index in [1.54, 1.807) is 12.1 Å². The lowest BCUT2D eigenvalue weighted by molar-refractivity contribution is -0.0509. The van der Waals surface area contributed by atoms with Crippen LogP contribution in [0.1, 0.15) is 12.5 Å². The van der Waals surface area contributed by atoms with Crippen LogP contribution < -0.4 is 10.1 Å². The summed E-state index contributed by atoms with van der Waals surface area (Å²) in [6.45, 7) is 2.78. The maximum Gasteiger partial charge on any atom is 0.387 e. The predicted octanol–water partition coefficient (Wildman–Crippen LogP) is 2.50. The highest BCUT2D eigenvalue weighted by atomic mass is 35.5. The van der Waals surface area contributed by atoms with E-state index >= 15 is 0 Å². The van der Waals surface area contributed by atoms with Gasteiger partial charge in [0.25, 0.3) is 0 Å². The van der Waals surface area contributed by atoms with E-state index in [4.69, 9.17) is 0 Å². The Labute approximate surface area is 118 Å². The number of alkyl halides is 2. The minimum atomic E-state index is -2.77. The molecule has 1 heterocycles. The molecule has 1 saturated heterocycles. The van der Waals surface area contributed by atoms with Gasteiger partial charge >= 0.3 is 6.61 Å². The molecular formula is C13H19ClF2N2O. The molecule has 0 saturated carbocycles. The summed E-state index contributed by atoms with van der Waals surface area (Å²) in [6.07, 6.45) is 0. The second-order valence-electron chi connectivity index (χ2n) is 4.51. The van der Waals surface area contributed by atoms with Crippen LogP contribution in [0, 0.1) is 0 Å². The van der Waals surface area contributed by atoms with Crippen LogP contribution in [0.5, 0.6) is 5.75 Å². The fourth-order valence-corrected chi connectivity index (χ4v) is 2.18. The van der Waals surface area contributed by atoms with Crippen LogP contribution in [0.15, 0.2) is 24.3 Å². The fourth-order valence-electron chi connectivity index (χ4n) is 2.18. The molecule has 0 amide bonds. The summed E-state index contributed by atoms with van der Waals surface area (Å²) in [5, 5.41) is 3.30. The number of para-hydroxylation sites is 1. The van der Waals surface area contributed by atoms with Gasteiger partial charge in [0.1, 0.15) is 5.75 Å². The Morgan fingerprint density at radius 3 is 2.84 bits per heavy atom. The number of hydrogen-bond donors (Lipinski definition) is 1. The summed E-state index contributed by atoms with van der Waals surface area (Å²) in [5.74, 6) is 0.276. The number of nitrogens with zero attached hydrogens (tertiary/aromatic N) is 1. The zero-order chi connectivity index (χ0) is 13.0. The monoisotopic (exact) mass is 292 g/mol. The van der Waals surface area contributed by atoms with Gasteiger partial charge < -0.3 is 10.1 Å². The van der Waals surface area contributed by atoms with Crippen LogP contribution in [-0.4, -0.2) is 37.2 Å². The summed E-state index contributed by atoms with van der Waals surface area (Å²) in [7, 11) is 0. The number of ether oxygens (including phenoxy) is 1. The second-order valence-corrected chi connectivity index (χ2v) is 4.51. The first-order valence-corrected chi connectivity index (χ1v) is 6.14. The molecule has 0 spiro atoms. The Balaban J connectivity index is 0.00000180. The lowest BCUT2D eigenvalue weighted by Crippen LogP contribution is -2.49. The largest absolute Gasteiger partial charge is 0.434 e. The molecule has 0 bridgehead atoms. The van der Waals surface area contributed by atoms with Gasteiger partial charge in [0.2, 0.25) is 0 Å². The smallest absolute Gasteiger partial charge is 0.387 e. The summed E-state index contributed by atoms with van der Waals surface area (Å²) >= 11 is 0. The lowest BCUT2D eigenvalue weighted by Gasteiger charge is -2.34. The first-order valence-electron chi connectivity index (χ1n) is 6.14. The first-order chi connectivity index (χ1) is 8.66. The van der Waals surface area contributed by atoms with Gasteiger partial charge in [-0.3, -0.25) is 4.90 Å². The summed E-state index contributed by atoms with van der Waals surface area (Å²) < 4.78 is 29.2. The van der Waals surface area contributed by atoms with Crippen molar-refractivity contribution < 1.29 is 13.5 Å². The molecule has 0 unspecified atom stereocenters. The highest BCUT2D eigenvalue weighted by Crippen LogP contribution is 2.22. The number of halogens is 3. The summed E-state index contributed by atoms with van der Waals surface area (Å²) in [6, 6.07) is 7.39. The first kappa shape index (κ1) is 16.1. The molecule has 6 heteroatoms. The van der Waals surface area contributed by atoms with Crippen LogP contribution in [0.2, 0.25) is 0 Å². The Morgan fingerprint density at radius 1 is 1.42 bits per heavy atom. The maximum absolute atomic E-state index is 12.3. The number of piperazine rings is 1. The van der Waals surface area contributed by atoms with Crippen LogP contribution in [0.4, 0.5) is 8.78 Å². The minimum Gasteiger partial charge on any atom is -0.434 e. The molecule has 1 N–H and O–H groups in total. The van der Waals surface area contributed by atoms with Crippen molar-refractivity contribution in [3.63, 3.8) is 0 Å². The van der Waals surface area contributed by atoms with E-state index in [0.717, 1.165) is 25.2 Å². The third-order valence-corrected chi connectivity index (χ3v) is 3.20. The number of nitrogens with one attached hydrogen (secondary N) is 1. The predicted molar refractivity (Wildman–Crippen MR) is 73.1 cm³/mol. The summed E-state index contributed by atoms with van der Waals surface area (Å²) in [5.41, 5.74) is 0.812. The number of rotatable bonds is 4. The molecule has 1 aliphatic heterocycles. The van der Waals surface area contributed by atoms with E-state index < -0.39 is 6.61 Å². The minimum absolute atomic E-state index is 0. The topological polar surface area (TPSA) is 24.5 Å². The molecule has 1 aliphatic rings. The molecule has 19 heavy (non-hydrogen) atoms. The van der Waals surface area contributed by atoms with Crippen molar-refractivity contribution >= 4 is 12.4 Å². The van der Waals surface area contributed by atoms with E-state index in [0.29, 0.717) is 12.6 Å². The van der Waals surface area contributed by atoms with Gasteiger partial charge in [-0.2, -0.15) is 8.78 Å². The molecule has 0 aromatic heterocycles. The van der Waals surface area contributed by atoms with Crippen molar-refractivity contribution in [1.82, 2.24) is 10.2 Å². The van der Waals surface area contributed by atoms with Crippen molar-refractivity contribution in [1.29, 1.82) is 0 Å².